The van der Waals surface area contributed by atoms with Crippen molar-refractivity contribution in [3.8, 4) is 5.75 Å². The van der Waals surface area contributed by atoms with E-state index >= 15 is 0 Å². The molecule has 5 aliphatic rings. The molecule has 1 aliphatic carbocycles. The average Bonchev–Trinajstić information content (AvgIpc) is 3.86. The number of nitrogens with zero attached hydrogens (tertiary/aromatic N) is 6. The highest BCUT2D eigenvalue weighted by Gasteiger charge is 2.46. The molecule has 2 saturated heterocycles. The van der Waals surface area contributed by atoms with Crippen molar-refractivity contribution in [3.05, 3.63) is 77.2 Å². The third-order valence-electron chi connectivity index (χ3n) is 11.8. The zero-order valence-electron chi connectivity index (χ0n) is 33.1. The van der Waals surface area contributed by atoms with Gasteiger partial charge in [-0.15, -0.1) is 0 Å². The summed E-state index contributed by atoms with van der Waals surface area (Å²) >= 11 is 0. The Hall–Kier alpha value is -5.91. The molecule has 0 radical (unpaired) electrons. The first-order valence-corrected chi connectivity index (χ1v) is 20.2. The Morgan fingerprint density at radius 3 is 2.73 bits per heavy atom. The van der Waals surface area contributed by atoms with Gasteiger partial charge in [-0.2, -0.15) is 5.10 Å². The van der Waals surface area contributed by atoms with Crippen LogP contribution in [-0.2, 0) is 25.5 Å². The number of ether oxygens (including phenoxy) is 3. The van der Waals surface area contributed by atoms with Crippen molar-refractivity contribution in [2.75, 3.05) is 68.6 Å². The molecule has 3 fully saturated rings. The van der Waals surface area contributed by atoms with E-state index in [1.165, 1.54) is 6.20 Å². The number of rotatable bonds is 13. The van der Waals surface area contributed by atoms with Crippen LogP contribution in [0.5, 0.6) is 5.75 Å². The minimum Gasteiger partial charge on any atom is -0.486 e. The molecule has 17 heteroatoms. The number of likely N-dealkylation sites (N-methyl/N-ethyl adjacent to an activating group) is 1. The molecular weight excluding hydrogens is 759 g/mol. The van der Waals surface area contributed by atoms with Gasteiger partial charge in [0.2, 0.25) is 11.8 Å². The molecule has 5 amide bonds. The number of nitrogens with one attached hydrogen (secondary N) is 3. The highest BCUT2D eigenvalue weighted by atomic mass is 16.5. The summed E-state index contributed by atoms with van der Waals surface area (Å²) in [5, 5.41) is 13.1. The highest BCUT2D eigenvalue weighted by molar-refractivity contribution is 6.25. The molecule has 2 aromatic heterocycles. The van der Waals surface area contributed by atoms with E-state index in [-0.39, 0.29) is 42.0 Å². The molecule has 0 bridgehead atoms. The topological polar surface area (TPSA) is 189 Å². The van der Waals surface area contributed by atoms with Gasteiger partial charge in [-0.3, -0.25) is 34.2 Å². The highest BCUT2D eigenvalue weighted by Crippen LogP contribution is 2.43. The Labute approximate surface area is 340 Å². The van der Waals surface area contributed by atoms with Crippen LogP contribution < -0.4 is 25.6 Å². The normalized spacial score (nSPS) is 23.9. The van der Waals surface area contributed by atoms with Crippen LogP contribution in [0.3, 0.4) is 0 Å². The zero-order chi connectivity index (χ0) is 40.8. The van der Waals surface area contributed by atoms with E-state index in [2.05, 4.69) is 49.8 Å². The Bertz CT molecular complexity index is 2340. The Kier molecular flexibility index (Phi) is 10.3. The van der Waals surface area contributed by atoms with Gasteiger partial charge in [-0.05, 0) is 63.9 Å². The number of anilines is 3. The summed E-state index contributed by atoms with van der Waals surface area (Å²) in [7, 11) is 2.08. The number of hydrogen-bond donors (Lipinski definition) is 3. The van der Waals surface area contributed by atoms with Crippen molar-refractivity contribution in [1.82, 2.24) is 29.7 Å². The maximum atomic E-state index is 13.6. The number of imide groups is 2. The number of amides is 5. The molecule has 9 rings (SSSR count). The van der Waals surface area contributed by atoms with E-state index in [1.807, 2.05) is 12.1 Å². The van der Waals surface area contributed by atoms with Crippen LogP contribution in [0.4, 0.5) is 17.1 Å². The maximum Gasteiger partial charge on any atom is 0.264 e. The van der Waals surface area contributed by atoms with Gasteiger partial charge in [0, 0.05) is 81.4 Å². The van der Waals surface area contributed by atoms with E-state index in [9.17, 15) is 24.0 Å². The Morgan fingerprint density at radius 2 is 1.92 bits per heavy atom. The van der Waals surface area contributed by atoms with Gasteiger partial charge in [-0.1, -0.05) is 6.07 Å². The van der Waals surface area contributed by atoms with Crippen LogP contribution >= 0.6 is 0 Å². The maximum absolute atomic E-state index is 13.6. The molecule has 1 saturated carbocycles. The minimum atomic E-state index is -1.00. The monoisotopic (exact) mass is 805 g/mol. The summed E-state index contributed by atoms with van der Waals surface area (Å²) in [6, 6.07) is 10.0. The number of fused-ring (bicyclic) bond motifs is 3. The minimum absolute atomic E-state index is 0.0726. The predicted octanol–water partition coefficient (Wildman–Crippen LogP) is 2.89. The third kappa shape index (κ3) is 7.61. The summed E-state index contributed by atoms with van der Waals surface area (Å²) in [6.45, 7) is 6.83. The summed E-state index contributed by atoms with van der Waals surface area (Å²) in [6.07, 6.45) is 8.24. The third-order valence-corrected chi connectivity index (χ3v) is 11.8. The number of morpholine rings is 1. The average molecular weight is 806 g/mol. The number of carbonyl (C=O) groups is 5. The second kappa shape index (κ2) is 15.7. The molecule has 59 heavy (non-hydrogen) atoms. The van der Waals surface area contributed by atoms with Crippen molar-refractivity contribution >= 4 is 52.2 Å². The molecule has 17 nitrogen and oxygen atoms in total. The van der Waals surface area contributed by atoms with E-state index in [1.54, 1.807) is 41.2 Å². The van der Waals surface area contributed by atoms with Gasteiger partial charge < -0.3 is 34.6 Å². The number of piperidine rings is 1. The lowest BCUT2D eigenvalue weighted by Gasteiger charge is -2.37. The van der Waals surface area contributed by atoms with Gasteiger partial charge in [-0.25, -0.2) is 9.50 Å². The first-order valence-electron chi connectivity index (χ1n) is 20.2. The number of hydrogen-bond acceptors (Lipinski definition) is 13. The molecule has 2 aromatic carbocycles. The standard InChI is InChI=1S/C42H47N9O8/c1-42(22-25-18-31(33(21-34(25)59-42)49-13-16-57-17-14-49)46-38(53)29-23-44-50-12-4-10-43-37(29)50)24-48(2)11-5-15-58-27-19-26(20-27)45-30-7-3-6-28-36(30)41(56)51(40(28)55)32-8-9-35(52)47-39(32)54/h3-4,6-7,10,12,18,21,23,26-27,32,45H,5,8-9,11,13-17,19-20,22,24H2,1-2H3,(H,46,53)(H,47,52,54)/t26?,27?,32?,42-/m1/s1. The lowest BCUT2D eigenvalue weighted by molar-refractivity contribution is -0.136. The van der Waals surface area contributed by atoms with Crippen LogP contribution in [0.25, 0.3) is 5.65 Å². The molecule has 308 valence electrons. The fourth-order valence-corrected chi connectivity index (χ4v) is 8.89. The Morgan fingerprint density at radius 1 is 1.08 bits per heavy atom. The lowest BCUT2D eigenvalue weighted by atomic mass is 9.88. The largest absolute Gasteiger partial charge is 0.486 e. The lowest BCUT2D eigenvalue weighted by Crippen LogP contribution is -2.54. The number of carbonyl (C=O) groups excluding carboxylic acids is 5. The Balaban J connectivity index is 0.755. The molecule has 4 aliphatic heterocycles. The van der Waals surface area contributed by atoms with Crippen molar-refractivity contribution in [2.45, 2.75) is 69.2 Å². The summed E-state index contributed by atoms with van der Waals surface area (Å²) < 4.78 is 20.1. The molecule has 2 atom stereocenters. The van der Waals surface area contributed by atoms with Gasteiger partial charge >= 0.3 is 0 Å². The smallest absolute Gasteiger partial charge is 0.264 e. The van der Waals surface area contributed by atoms with Crippen LogP contribution in [-0.4, -0.2) is 131 Å². The molecule has 3 N–H and O–H groups in total. The van der Waals surface area contributed by atoms with E-state index in [0.717, 1.165) is 47.7 Å². The van der Waals surface area contributed by atoms with Gasteiger partial charge in [0.1, 0.15) is 23.0 Å². The van der Waals surface area contributed by atoms with Crippen LogP contribution in [0.15, 0.2) is 55.0 Å². The fourth-order valence-electron chi connectivity index (χ4n) is 8.89. The molecule has 6 heterocycles. The second-order valence-electron chi connectivity index (χ2n) is 16.3. The SMILES string of the molecule is CN(CCCOC1CC(Nc2cccc3c2C(=O)N(C2CCC(=O)NC2=O)C3=O)C1)C[C@@]1(C)Cc2cc(NC(=O)c3cnn4cccnc34)c(N3CCOCC3)cc2O1. The quantitative estimate of drug-likeness (QED) is 0.132. The van der Waals surface area contributed by atoms with E-state index < -0.39 is 35.3 Å². The van der Waals surface area contributed by atoms with Gasteiger partial charge in [0.25, 0.3) is 17.7 Å². The number of benzene rings is 2. The summed E-state index contributed by atoms with van der Waals surface area (Å²) in [5.74, 6) is -1.54. The van der Waals surface area contributed by atoms with Crippen molar-refractivity contribution in [3.63, 3.8) is 0 Å². The van der Waals surface area contributed by atoms with Crippen molar-refractivity contribution in [2.24, 2.45) is 0 Å². The van der Waals surface area contributed by atoms with Gasteiger partial charge in [0.05, 0.1) is 48.0 Å². The summed E-state index contributed by atoms with van der Waals surface area (Å²) in [4.78, 5) is 74.2. The van der Waals surface area contributed by atoms with Gasteiger partial charge in [0.15, 0.2) is 5.65 Å². The second-order valence-corrected chi connectivity index (χ2v) is 16.3. The van der Waals surface area contributed by atoms with E-state index in [4.69, 9.17) is 14.2 Å². The number of aromatic nitrogens is 3. The van der Waals surface area contributed by atoms with Crippen LogP contribution in [0.1, 0.15) is 75.7 Å². The predicted molar refractivity (Wildman–Crippen MR) is 215 cm³/mol. The molecule has 0 spiro atoms. The first-order chi connectivity index (χ1) is 28.5. The molecule has 4 aromatic rings. The van der Waals surface area contributed by atoms with Crippen LogP contribution in [0, 0.1) is 0 Å². The first kappa shape index (κ1) is 38.6. The fraction of sp³-hybridized carbons (Fsp3) is 0.452. The molecular formula is C42H47N9O8. The van der Waals surface area contributed by atoms with Crippen LogP contribution in [0.2, 0.25) is 0 Å². The summed E-state index contributed by atoms with van der Waals surface area (Å²) in [5.41, 5.74) is 4.13. The van der Waals surface area contributed by atoms with Crippen molar-refractivity contribution < 1.29 is 38.2 Å². The zero-order valence-corrected chi connectivity index (χ0v) is 33.1. The van der Waals surface area contributed by atoms with E-state index in [0.29, 0.717) is 68.5 Å². The molecule has 1 unspecified atom stereocenters. The van der Waals surface area contributed by atoms with Crippen molar-refractivity contribution in [1.29, 1.82) is 0 Å².